The minimum absolute atomic E-state index is 0.148. The number of piperidine rings is 1. The first-order valence-electron chi connectivity index (χ1n) is 9.38. The number of aliphatic hydroxyl groups is 1. The van der Waals surface area contributed by atoms with Crippen LogP contribution < -0.4 is 0 Å². The molecule has 0 spiro atoms. The van der Waals surface area contributed by atoms with Gasteiger partial charge < -0.3 is 10.0 Å². The highest BCUT2D eigenvalue weighted by Crippen LogP contribution is 2.33. The number of H-pyrrole nitrogens is 1. The Morgan fingerprint density at radius 1 is 1.24 bits per heavy atom. The monoisotopic (exact) mass is 413 g/mol. The number of carbonyl (C=O) groups is 1. The minimum Gasteiger partial charge on any atom is -0.390 e. The molecule has 2 heterocycles. The molecule has 1 aromatic carbocycles. The molecule has 5 nitrogen and oxygen atoms in total. The Bertz CT molecular complexity index is 879. The van der Waals surface area contributed by atoms with Gasteiger partial charge in [-0.15, -0.1) is 0 Å². The molecule has 0 atom stereocenters. The number of rotatable bonds is 4. The third-order valence-corrected chi connectivity index (χ3v) is 5.07. The number of aromatic amines is 1. The third kappa shape index (κ3) is 5.14. The maximum absolute atomic E-state index is 13.8. The molecule has 2 aromatic rings. The van der Waals surface area contributed by atoms with Crippen molar-refractivity contribution in [1.29, 1.82) is 0 Å². The van der Waals surface area contributed by atoms with Crippen LogP contribution in [-0.4, -0.2) is 44.8 Å². The first-order chi connectivity index (χ1) is 13.4. The highest BCUT2D eigenvalue weighted by atomic mass is 19.4. The molecule has 2 N–H and O–H groups in total. The van der Waals surface area contributed by atoms with Crippen LogP contribution in [0.2, 0.25) is 0 Å². The molecule has 29 heavy (non-hydrogen) atoms. The molecular weight excluding hydrogens is 390 g/mol. The van der Waals surface area contributed by atoms with Gasteiger partial charge in [-0.25, -0.2) is 4.39 Å². The van der Waals surface area contributed by atoms with Crippen LogP contribution in [0.4, 0.5) is 17.6 Å². The molecule has 0 bridgehead atoms. The molecule has 9 heteroatoms. The van der Waals surface area contributed by atoms with E-state index in [0.29, 0.717) is 31.5 Å². The van der Waals surface area contributed by atoms with Crippen LogP contribution in [0.1, 0.15) is 49.2 Å². The number of carbonyl (C=O) groups excluding carboxylic acids is 1. The molecule has 1 saturated heterocycles. The average Bonchev–Trinajstić information content (AvgIpc) is 3.09. The van der Waals surface area contributed by atoms with E-state index in [1.807, 2.05) is 0 Å². The summed E-state index contributed by atoms with van der Waals surface area (Å²) in [6, 6.07) is 3.95. The average molecular weight is 413 g/mol. The Hall–Kier alpha value is -2.42. The molecule has 0 unspecified atom stereocenters. The zero-order valence-corrected chi connectivity index (χ0v) is 16.2. The van der Waals surface area contributed by atoms with Crippen molar-refractivity contribution < 1.29 is 27.5 Å². The summed E-state index contributed by atoms with van der Waals surface area (Å²) in [5, 5.41) is 16.5. The fraction of sp³-hybridized carbons (Fsp3) is 0.500. The molecule has 0 radical (unpaired) electrons. The number of nitrogens with zero attached hydrogens (tertiary/aromatic N) is 2. The highest BCUT2D eigenvalue weighted by Gasteiger charge is 2.34. The molecule has 0 saturated carbocycles. The number of aromatic nitrogens is 2. The molecule has 1 fully saturated rings. The van der Waals surface area contributed by atoms with E-state index in [2.05, 4.69) is 10.2 Å². The zero-order valence-electron chi connectivity index (χ0n) is 16.2. The lowest BCUT2D eigenvalue weighted by Crippen LogP contribution is -2.40. The van der Waals surface area contributed by atoms with Crippen LogP contribution in [0, 0.1) is 11.7 Å². The summed E-state index contributed by atoms with van der Waals surface area (Å²) in [5.74, 6) is -1.32. The predicted octanol–water partition coefficient (Wildman–Crippen LogP) is 4.25. The minimum atomic E-state index is -4.77. The summed E-state index contributed by atoms with van der Waals surface area (Å²) < 4.78 is 51.9. The summed E-state index contributed by atoms with van der Waals surface area (Å²) in [6.45, 7) is 4.62. The van der Waals surface area contributed by atoms with E-state index >= 15 is 0 Å². The van der Waals surface area contributed by atoms with Gasteiger partial charge in [-0.05, 0) is 57.2 Å². The van der Waals surface area contributed by atoms with Gasteiger partial charge in [0, 0.05) is 18.7 Å². The predicted molar refractivity (Wildman–Crippen MR) is 98.5 cm³/mol. The Morgan fingerprint density at radius 3 is 2.45 bits per heavy atom. The Labute approximate surface area is 165 Å². The fourth-order valence-electron chi connectivity index (χ4n) is 3.70. The quantitative estimate of drug-likeness (QED) is 0.737. The van der Waals surface area contributed by atoms with Crippen molar-refractivity contribution in [2.75, 3.05) is 13.1 Å². The maximum Gasteiger partial charge on any atom is 0.419 e. The van der Waals surface area contributed by atoms with Gasteiger partial charge in [0.2, 0.25) is 0 Å². The van der Waals surface area contributed by atoms with Gasteiger partial charge in [0.25, 0.3) is 5.91 Å². The second-order valence-corrected chi connectivity index (χ2v) is 8.11. The van der Waals surface area contributed by atoms with Gasteiger partial charge >= 0.3 is 6.18 Å². The summed E-state index contributed by atoms with van der Waals surface area (Å²) in [5.41, 5.74) is -1.55. The Balaban J connectivity index is 1.67. The normalized spacial score (nSPS) is 16.3. The number of nitrogens with one attached hydrogen (secondary N) is 1. The molecule has 158 valence electrons. The lowest BCUT2D eigenvalue weighted by Gasteiger charge is -2.34. The van der Waals surface area contributed by atoms with Crippen LogP contribution in [0.3, 0.4) is 0 Å². The summed E-state index contributed by atoms with van der Waals surface area (Å²) in [7, 11) is 0. The molecule has 1 aliphatic rings. The number of alkyl halides is 3. The van der Waals surface area contributed by atoms with E-state index in [1.165, 1.54) is 6.07 Å². The largest absolute Gasteiger partial charge is 0.419 e. The van der Waals surface area contributed by atoms with Crippen molar-refractivity contribution in [3.63, 3.8) is 0 Å². The summed E-state index contributed by atoms with van der Waals surface area (Å²) in [6.07, 6.45) is -2.54. The standard InChI is InChI=1S/C20H23F4N3O2/c1-19(2,29)11-12-5-7-27(8-6-12)18(28)17-10-16(25-26-17)13-3-4-14(15(21)9-13)20(22,23)24/h3-4,9-10,12,29H,5-8,11H2,1-2H3,(H,25,26). The van der Waals surface area contributed by atoms with Crippen LogP contribution in [0.5, 0.6) is 0 Å². The number of benzene rings is 1. The van der Waals surface area contributed by atoms with E-state index in [-0.39, 0.29) is 22.9 Å². The topological polar surface area (TPSA) is 69.2 Å². The van der Waals surface area contributed by atoms with Gasteiger partial charge in [0.05, 0.1) is 16.9 Å². The van der Waals surface area contributed by atoms with E-state index in [0.717, 1.165) is 25.0 Å². The molecule has 1 aliphatic heterocycles. The van der Waals surface area contributed by atoms with Gasteiger partial charge in [0.1, 0.15) is 11.5 Å². The highest BCUT2D eigenvalue weighted by molar-refractivity contribution is 5.93. The van der Waals surface area contributed by atoms with Crippen LogP contribution in [0.25, 0.3) is 11.3 Å². The van der Waals surface area contributed by atoms with Crippen molar-refractivity contribution in [3.8, 4) is 11.3 Å². The van der Waals surface area contributed by atoms with Crippen molar-refractivity contribution in [2.45, 2.75) is 44.9 Å². The number of hydrogen-bond acceptors (Lipinski definition) is 3. The van der Waals surface area contributed by atoms with Crippen molar-refractivity contribution in [1.82, 2.24) is 15.1 Å². The lowest BCUT2D eigenvalue weighted by atomic mass is 9.86. The van der Waals surface area contributed by atoms with Crippen molar-refractivity contribution >= 4 is 5.91 Å². The van der Waals surface area contributed by atoms with E-state index < -0.39 is 23.2 Å². The second kappa shape index (κ2) is 7.78. The molecule has 1 aromatic heterocycles. The number of likely N-dealkylation sites (tertiary alicyclic amines) is 1. The molecule has 0 aliphatic carbocycles. The van der Waals surface area contributed by atoms with Crippen molar-refractivity contribution in [3.05, 3.63) is 41.3 Å². The fourth-order valence-corrected chi connectivity index (χ4v) is 3.70. The van der Waals surface area contributed by atoms with Gasteiger partial charge in [-0.2, -0.15) is 18.3 Å². The van der Waals surface area contributed by atoms with Crippen LogP contribution >= 0.6 is 0 Å². The summed E-state index contributed by atoms with van der Waals surface area (Å²) >= 11 is 0. The number of hydrogen-bond donors (Lipinski definition) is 2. The summed E-state index contributed by atoms with van der Waals surface area (Å²) in [4.78, 5) is 14.3. The first-order valence-corrected chi connectivity index (χ1v) is 9.38. The Kier molecular flexibility index (Phi) is 5.71. The van der Waals surface area contributed by atoms with Gasteiger partial charge in [-0.3, -0.25) is 9.89 Å². The number of amides is 1. The first kappa shape index (κ1) is 21.3. The van der Waals surface area contributed by atoms with E-state index in [9.17, 15) is 27.5 Å². The van der Waals surface area contributed by atoms with Gasteiger partial charge in [-0.1, -0.05) is 6.07 Å². The lowest BCUT2D eigenvalue weighted by molar-refractivity contribution is -0.139. The smallest absolute Gasteiger partial charge is 0.390 e. The molecule has 1 amide bonds. The second-order valence-electron chi connectivity index (χ2n) is 8.11. The third-order valence-electron chi connectivity index (χ3n) is 5.07. The van der Waals surface area contributed by atoms with Gasteiger partial charge in [0.15, 0.2) is 0 Å². The Morgan fingerprint density at radius 2 is 1.90 bits per heavy atom. The molecular formula is C20H23F4N3O2. The maximum atomic E-state index is 13.8. The number of halogens is 4. The van der Waals surface area contributed by atoms with E-state index in [4.69, 9.17) is 0 Å². The van der Waals surface area contributed by atoms with Crippen LogP contribution in [0.15, 0.2) is 24.3 Å². The van der Waals surface area contributed by atoms with E-state index in [1.54, 1.807) is 18.7 Å². The molecule has 3 rings (SSSR count). The van der Waals surface area contributed by atoms with Crippen molar-refractivity contribution in [2.24, 2.45) is 5.92 Å². The van der Waals surface area contributed by atoms with Crippen LogP contribution in [-0.2, 0) is 6.18 Å². The zero-order chi connectivity index (χ0) is 21.4. The SMILES string of the molecule is CC(C)(O)CC1CCN(C(=O)c2cc(-c3ccc(C(F)(F)F)c(F)c3)n[nH]2)CC1.